The van der Waals surface area contributed by atoms with Gasteiger partial charge in [-0.2, -0.15) is 0 Å². The van der Waals surface area contributed by atoms with E-state index in [1.807, 2.05) is 10.0 Å². The Hall–Kier alpha value is -2.00. The van der Waals surface area contributed by atoms with Crippen molar-refractivity contribution in [3.8, 4) is 0 Å². The van der Waals surface area contributed by atoms with Crippen molar-refractivity contribution in [2.24, 2.45) is 0 Å². The van der Waals surface area contributed by atoms with Crippen LogP contribution in [0.2, 0.25) is 0 Å². The molecule has 0 saturated carbocycles. The summed E-state index contributed by atoms with van der Waals surface area (Å²) in [6.07, 6.45) is 2.55. The van der Waals surface area contributed by atoms with Crippen LogP contribution in [0.5, 0.6) is 0 Å². The Kier molecular flexibility index (Phi) is 4.75. The van der Waals surface area contributed by atoms with Gasteiger partial charge in [-0.1, -0.05) is 0 Å². The first kappa shape index (κ1) is 14.1. The minimum atomic E-state index is -3.81. The average molecular weight is 273 g/mol. The van der Waals surface area contributed by atoms with Crippen molar-refractivity contribution in [2.45, 2.75) is 4.90 Å². The maximum absolute atomic E-state index is 11.6. The van der Waals surface area contributed by atoms with E-state index in [1.54, 1.807) is 0 Å². The van der Waals surface area contributed by atoms with Gasteiger partial charge in [0.1, 0.15) is 11.4 Å². The number of sulfonamides is 1. The van der Waals surface area contributed by atoms with Crippen LogP contribution >= 0.6 is 0 Å². The molecule has 0 saturated heterocycles. The van der Waals surface area contributed by atoms with Crippen molar-refractivity contribution in [2.75, 3.05) is 13.1 Å². The second-order valence-corrected chi connectivity index (χ2v) is 4.95. The smallest absolute Gasteiger partial charge is 0.322 e. The van der Waals surface area contributed by atoms with E-state index in [9.17, 15) is 18.0 Å². The van der Waals surface area contributed by atoms with Gasteiger partial charge < -0.3 is 10.4 Å². The Morgan fingerprint density at radius 3 is 2.61 bits per heavy atom. The van der Waals surface area contributed by atoms with E-state index < -0.39 is 35.0 Å². The molecule has 0 aromatic carbocycles. The molecule has 0 fully saturated rings. The second-order valence-electron chi connectivity index (χ2n) is 3.18. The van der Waals surface area contributed by atoms with Gasteiger partial charge >= 0.3 is 5.97 Å². The molecule has 1 rings (SSSR count). The Morgan fingerprint density at radius 2 is 2.06 bits per heavy atom. The zero-order valence-electron chi connectivity index (χ0n) is 9.16. The molecule has 0 unspecified atom stereocenters. The van der Waals surface area contributed by atoms with Crippen LogP contribution in [0.15, 0.2) is 29.4 Å². The van der Waals surface area contributed by atoms with E-state index in [2.05, 4.69) is 4.98 Å². The van der Waals surface area contributed by atoms with Gasteiger partial charge in [0.25, 0.3) is 0 Å². The highest BCUT2D eigenvalue weighted by atomic mass is 32.2. The van der Waals surface area contributed by atoms with Gasteiger partial charge in [-0.15, -0.1) is 0 Å². The Bertz CT molecular complexity index is 528. The largest absolute Gasteiger partial charge is 0.480 e. The molecule has 1 heterocycles. The van der Waals surface area contributed by atoms with Crippen LogP contribution in [0.3, 0.4) is 0 Å². The molecule has 18 heavy (non-hydrogen) atoms. The van der Waals surface area contributed by atoms with Crippen LogP contribution in [0, 0.1) is 0 Å². The van der Waals surface area contributed by atoms with E-state index in [1.165, 1.54) is 18.3 Å². The molecule has 0 aliphatic rings. The number of hydrogen-bond donors (Lipinski definition) is 3. The van der Waals surface area contributed by atoms with Gasteiger partial charge in [0.05, 0.1) is 6.54 Å². The highest BCUT2D eigenvalue weighted by Crippen LogP contribution is 2.04. The predicted molar refractivity (Wildman–Crippen MR) is 60.1 cm³/mol. The van der Waals surface area contributed by atoms with Crippen molar-refractivity contribution in [1.82, 2.24) is 15.0 Å². The Balaban J connectivity index is 2.53. The van der Waals surface area contributed by atoms with Crippen molar-refractivity contribution in [3.63, 3.8) is 0 Å². The Morgan fingerprint density at radius 1 is 1.33 bits per heavy atom. The van der Waals surface area contributed by atoms with Crippen LogP contribution in [-0.4, -0.2) is 43.5 Å². The number of pyridine rings is 1. The number of carbonyl (C=O) groups is 2. The predicted octanol–water partition coefficient (Wildman–Crippen LogP) is -1.44. The number of nitrogens with zero attached hydrogens (tertiary/aromatic N) is 1. The number of carboxylic acids is 1. The Labute approximate surface area is 103 Å². The molecule has 0 aliphatic carbocycles. The average Bonchev–Trinajstić information content (AvgIpc) is 2.35. The third kappa shape index (κ3) is 4.47. The van der Waals surface area contributed by atoms with Gasteiger partial charge in [-0.3, -0.25) is 14.6 Å². The molecule has 0 bridgehead atoms. The van der Waals surface area contributed by atoms with Crippen molar-refractivity contribution in [3.05, 3.63) is 24.5 Å². The first-order valence-corrected chi connectivity index (χ1v) is 6.28. The lowest BCUT2D eigenvalue weighted by molar-refractivity contribution is -0.137. The lowest BCUT2D eigenvalue weighted by Gasteiger charge is -2.06. The minimum Gasteiger partial charge on any atom is -0.480 e. The van der Waals surface area contributed by atoms with E-state index in [0.29, 0.717) is 0 Å². The van der Waals surface area contributed by atoms with Crippen molar-refractivity contribution >= 4 is 21.9 Å². The van der Waals surface area contributed by atoms with Gasteiger partial charge in [0.2, 0.25) is 15.9 Å². The summed E-state index contributed by atoms with van der Waals surface area (Å²) in [5.41, 5.74) is 0. The number of rotatable bonds is 6. The SMILES string of the molecule is O=C(O)CNC(=O)CNS(=O)(=O)c1cccnc1. The summed E-state index contributed by atoms with van der Waals surface area (Å²) in [6.45, 7) is -1.10. The molecule has 0 spiro atoms. The lowest BCUT2D eigenvalue weighted by atomic mass is 10.5. The summed E-state index contributed by atoms with van der Waals surface area (Å²) in [6, 6.07) is 2.77. The fraction of sp³-hybridized carbons (Fsp3) is 0.222. The first-order valence-electron chi connectivity index (χ1n) is 4.80. The topological polar surface area (TPSA) is 125 Å². The fourth-order valence-electron chi connectivity index (χ4n) is 0.987. The maximum atomic E-state index is 11.6. The van der Waals surface area contributed by atoms with Gasteiger partial charge in [-0.25, -0.2) is 13.1 Å². The standard InChI is InChI=1S/C9H11N3O5S/c13-8(11-6-9(14)15)5-12-18(16,17)7-2-1-3-10-4-7/h1-4,12H,5-6H2,(H,11,13)(H,14,15). The molecule has 8 nitrogen and oxygen atoms in total. The van der Waals surface area contributed by atoms with Crippen LogP contribution in [0.1, 0.15) is 0 Å². The van der Waals surface area contributed by atoms with Crippen LogP contribution < -0.4 is 10.0 Å². The monoisotopic (exact) mass is 273 g/mol. The number of carboxylic acid groups (broad SMARTS) is 1. The summed E-state index contributed by atoms with van der Waals surface area (Å²) in [5, 5.41) is 10.3. The number of carbonyl (C=O) groups excluding carboxylic acids is 1. The maximum Gasteiger partial charge on any atom is 0.322 e. The number of amides is 1. The molecule has 1 aromatic rings. The number of hydrogen-bond acceptors (Lipinski definition) is 5. The zero-order chi connectivity index (χ0) is 13.6. The summed E-state index contributed by atoms with van der Waals surface area (Å²) in [4.78, 5) is 24.8. The second kappa shape index (κ2) is 6.07. The molecule has 0 aliphatic heterocycles. The summed E-state index contributed by atoms with van der Waals surface area (Å²) in [7, 11) is -3.81. The first-order chi connectivity index (χ1) is 8.42. The number of aromatic nitrogens is 1. The molecule has 98 valence electrons. The normalized spacial score (nSPS) is 10.9. The molecule has 0 radical (unpaired) electrons. The molecule has 9 heteroatoms. The lowest BCUT2D eigenvalue weighted by Crippen LogP contribution is -2.38. The van der Waals surface area contributed by atoms with Crippen LogP contribution in [0.4, 0.5) is 0 Å². The molecular formula is C9H11N3O5S. The molecule has 1 aromatic heterocycles. The highest BCUT2D eigenvalue weighted by Gasteiger charge is 2.15. The quantitative estimate of drug-likeness (QED) is 0.583. The van der Waals surface area contributed by atoms with Crippen molar-refractivity contribution < 1.29 is 23.1 Å². The van der Waals surface area contributed by atoms with Crippen LogP contribution in [-0.2, 0) is 19.6 Å². The molecule has 0 atom stereocenters. The van der Waals surface area contributed by atoms with Gasteiger partial charge in [0.15, 0.2) is 0 Å². The fourth-order valence-corrected chi connectivity index (χ4v) is 1.93. The summed E-state index contributed by atoms with van der Waals surface area (Å²) >= 11 is 0. The van der Waals surface area contributed by atoms with E-state index in [-0.39, 0.29) is 4.90 Å². The highest BCUT2D eigenvalue weighted by molar-refractivity contribution is 7.89. The molecular weight excluding hydrogens is 262 g/mol. The van der Waals surface area contributed by atoms with E-state index >= 15 is 0 Å². The third-order valence-corrected chi connectivity index (χ3v) is 3.19. The summed E-state index contributed by atoms with van der Waals surface area (Å²) < 4.78 is 25.3. The van der Waals surface area contributed by atoms with Gasteiger partial charge in [0, 0.05) is 12.4 Å². The van der Waals surface area contributed by atoms with E-state index in [0.717, 1.165) is 6.20 Å². The number of nitrogens with one attached hydrogen (secondary N) is 2. The molecule has 3 N–H and O–H groups in total. The van der Waals surface area contributed by atoms with Gasteiger partial charge in [-0.05, 0) is 12.1 Å². The number of aliphatic carboxylic acids is 1. The molecule has 1 amide bonds. The van der Waals surface area contributed by atoms with Crippen LogP contribution in [0.25, 0.3) is 0 Å². The van der Waals surface area contributed by atoms with E-state index in [4.69, 9.17) is 5.11 Å². The summed E-state index contributed by atoms with van der Waals surface area (Å²) in [5.74, 6) is -1.94. The third-order valence-electron chi connectivity index (χ3n) is 1.80. The van der Waals surface area contributed by atoms with Crippen molar-refractivity contribution in [1.29, 1.82) is 0 Å². The zero-order valence-corrected chi connectivity index (χ0v) is 9.98. The minimum absolute atomic E-state index is 0.0731.